The number of nitriles is 1. The molecule has 0 fully saturated rings. The summed E-state index contributed by atoms with van der Waals surface area (Å²) < 4.78 is 15.7. The number of hydrogen-bond acceptors (Lipinski definition) is 8. The Morgan fingerprint density at radius 3 is 2.64 bits per heavy atom. The number of hydrogen-bond donors (Lipinski definition) is 4. The van der Waals surface area contributed by atoms with Gasteiger partial charge in [-0.1, -0.05) is 26.0 Å². The highest BCUT2D eigenvalue weighted by atomic mass is 16.6. The van der Waals surface area contributed by atoms with E-state index in [1.165, 1.54) is 0 Å². The number of anilines is 2. The summed E-state index contributed by atoms with van der Waals surface area (Å²) in [5, 5.41) is 19.6. The Labute approximate surface area is 212 Å². The van der Waals surface area contributed by atoms with Crippen molar-refractivity contribution < 1.29 is 23.8 Å². The van der Waals surface area contributed by atoms with Gasteiger partial charge in [0.05, 0.1) is 25.2 Å². The van der Waals surface area contributed by atoms with Crippen LogP contribution in [0.5, 0.6) is 5.75 Å². The van der Waals surface area contributed by atoms with Crippen LogP contribution in [-0.4, -0.2) is 39.5 Å². The number of nitrogens with zero attached hydrogens (tertiary/aromatic N) is 1. The average molecular weight is 498 g/mol. The number of nitrogens with one attached hydrogen (secondary N) is 4. The van der Waals surface area contributed by atoms with Crippen LogP contribution in [0.15, 0.2) is 48.7 Å². The van der Waals surface area contributed by atoms with E-state index in [0.29, 0.717) is 18.8 Å². The molecule has 3 rings (SSSR count). The van der Waals surface area contributed by atoms with Crippen molar-refractivity contribution in [3.8, 4) is 11.8 Å². The van der Waals surface area contributed by atoms with Gasteiger partial charge in [0, 0.05) is 37.2 Å². The summed E-state index contributed by atoms with van der Waals surface area (Å²) in [6.45, 7) is 6.45. The van der Waals surface area contributed by atoms with Gasteiger partial charge in [-0.25, -0.2) is 4.79 Å². The average Bonchev–Trinajstić information content (AvgIpc) is 3.44. The van der Waals surface area contributed by atoms with Gasteiger partial charge in [-0.3, -0.25) is 4.79 Å². The number of benzene rings is 2. The topological polar surface area (TPSA) is 134 Å². The van der Waals surface area contributed by atoms with E-state index in [9.17, 15) is 9.59 Å². The molecule has 1 aliphatic rings. The van der Waals surface area contributed by atoms with E-state index in [4.69, 9.17) is 19.5 Å². The smallest absolute Gasteiger partial charge is 0.407 e. The summed E-state index contributed by atoms with van der Waals surface area (Å²) in [4.78, 5) is 21.7. The number of carbonyl (C=O) groups is 2. The number of carbonyl (C=O) groups excluding carboxylic acids is 2. The maximum atomic E-state index is 11.4. The highest BCUT2D eigenvalue weighted by molar-refractivity contribution is 5.72. The second kappa shape index (κ2) is 17.1. The molecule has 2 aromatic carbocycles. The molecule has 10 heteroatoms. The van der Waals surface area contributed by atoms with Crippen molar-refractivity contribution in [1.82, 2.24) is 10.6 Å². The molecule has 1 aliphatic heterocycles. The molecule has 0 bridgehead atoms. The third kappa shape index (κ3) is 10.3. The van der Waals surface area contributed by atoms with Crippen LogP contribution >= 0.6 is 0 Å². The highest BCUT2D eigenvalue weighted by Gasteiger charge is 2.13. The Morgan fingerprint density at radius 1 is 1.25 bits per heavy atom. The summed E-state index contributed by atoms with van der Waals surface area (Å²) in [5.74, 6) is 1.62. The number of alkyl carbamates (subject to hydrolysis) is 1. The Bertz CT molecular complexity index is 1040. The number of amides is 2. The van der Waals surface area contributed by atoms with Gasteiger partial charge >= 0.3 is 6.09 Å². The zero-order valence-electron chi connectivity index (χ0n) is 21.4. The van der Waals surface area contributed by atoms with Crippen molar-refractivity contribution in [2.75, 3.05) is 31.5 Å². The molecule has 0 saturated carbocycles. The molecule has 2 amide bonds. The third-order valence-corrected chi connectivity index (χ3v) is 4.58. The summed E-state index contributed by atoms with van der Waals surface area (Å²) in [5.41, 5.74) is 3.46. The number of ether oxygens (including phenoxy) is 3. The Balaban J connectivity index is 0.000000344. The van der Waals surface area contributed by atoms with Crippen LogP contribution in [0.3, 0.4) is 0 Å². The van der Waals surface area contributed by atoms with Crippen LogP contribution in [0.25, 0.3) is 5.76 Å². The van der Waals surface area contributed by atoms with Gasteiger partial charge in [0.1, 0.15) is 17.6 Å². The van der Waals surface area contributed by atoms with E-state index in [-0.39, 0.29) is 13.0 Å². The first-order valence-corrected chi connectivity index (χ1v) is 11.5. The molecule has 1 atom stereocenters. The van der Waals surface area contributed by atoms with Crippen LogP contribution < -0.4 is 26.0 Å². The molecule has 194 valence electrons. The van der Waals surface area contributed by atoms with Crippen molar-refractivity contribution in [1.29, 1.82) is 5.26 Å². The fourth-order valence-corrected chi connectivity index (χ4v) is 2.91. The molecule has 1 heterocycles. The van der Waals surface area contributed by atoms with Crippen molar-refractivity contribution in [2.24, 2.45) is 0 Å². The second-order valence-electron chi connectivity index (χ2n) is 7.06. The lowest BCUT2D eigenvalue weighted by Crippen LogP contribution is -2.27. The number of rotatable bonds is 9. The molecule has 0 radical (unpaired) electrons. The summed E-state index contributed by atoms with van der Waals surface area (Å²) in [7, 11) is 3.53. The van der Waals surface area contributed by atoms with Crippen LogP contribution in [0, 0.1) is 11.3 Å². The third-order valence-electron chi connectivity index (χ3n) is 4.58. The SMILES string of the molecule is CC.CNc1ccc(C2=CNCO2)c(OC)c1.C[C@H](CC#N)OC(=O)NCc1cccc(NC=O)c1. The van der Waals surface area contributed by atoms with E-state index in [1.807, 2.05) is 57.4 Å². The van der Waals surface area contributed by atoms with E-state index < -0.39 is 12.2 Å². The monoisotopic (exact) mass is 497 g/mol. The Morgan fingerprint density at radius 2 is 2.03 bits per heavy atom. The van der Waals surface area contributed by atoms with Crippen LogP contribution in [0.4, 0.5) is 16.2 Å². The Hall–Kier alpha value is -4.39. The van der Waals surface area contributed by atoms with E-state index in [0.717, 1.165) is 28.3 Å². The lowest BCUT2D eigenvalue weighted by molar-refractivity contribution is -0.105. The summed E-state index contributed by atoms with van der Waals surface area (Å²) in [6.07, 6.45) is 1.58. The lowest BCUT2D eigenvalue weighted by atomic mass is 10.1. The molecule has 10 nitrogen and oxygen atoms in total. The van der Waals surface area contributed by atoms with Gasteiger partial charge in [-0.2, -0.15) is 5.26 Å². The maximum absolute atomic E-state index is 11.4. The van der Waals surface area contributed by atoms with Crippen LogP contribution in [0.2, 0.25) is 0 Å². The molecule has 0 aliphatic carbocycles. The molecule has 4 N–H and O–H groups in total. The molecule has 0 aromatic heterocycles. The highest BCUT2D eigenvalue weighted by Crippen LogP contribution is 2.30. The van der Waals surface area contributed by atoms with E-state index >= 15 is 0 Å². The minimum absolute atomic E-state index is 0.159. The second-order valence-corrected chi connectivity index (χ2v) is 7.06. The fraction of sp³-hybridized carbons (Fsp3) is 0.346. The van der Waals surface area contributed by atoms with Gasteiger partial charge in [0.25, 0.3) is 0 Å². The summed E-state index contributed by atoms with van der Waals surface area (Å²) >= 11 is 0. The zero-order valence-corrected chi connectivity index (χ0v) is 21.4. The minimum atomic E-state index is -0.573. The molecular weight excluding hydrogens is 462 g/mol. The van der Waals surface area contributed by atoms with Gasteiger partial charge in [0.15, 0.2) is 6.73 Å². The first-order valence-electron chi connectivity index (χ1n) is 11.5. The standard InChI is InChI=1S/C13H15N3O3.C11H14N2O2.C2H6/c1-10(5-6-14)19-13(18)15-8-11-3-2-4-12(7-11)16-9-17;1-12-8-3-4-9(10(5-8)14-2)11-6-13-7-15-11;1-2/h2-4,7,9-10H,5,8H2,1H3,(H,15,18)(H,16,17);3-6,12-13H,7H2,1-2H3;1-2H3/t10-;;/m1../s1. The first kappa shape index (κ1) is 29.6. The summed E-state index contributed by atoms with van der Waals surface area (Å²) in [6, 6.07) is 14.9. The lowest BCUT2D eigenvalue weighted by Gasteiger charge is -2.11. The fourth-order valence-electron chi connectivity index (χ4n) is 2.91. The molecular formula is C26H35N5O5. The van der Waals surface area contributed by atoms with E-state index in [1.54, 1.807) is 32.2 Å². The Kier molecular flexibility index (Phi) is 14.1. The van der Waals surface area contributed by atoms with Gasteiger partial charge in [0.2, 0.25) is 6.41 Å². The van der Waals surface area contributed by atoms with Crippen molar-refractivity contribution >= 4 is 29.6 Å². The normalized spacial score (nSPS) is 11.7. The molecule has 0 spiro atoms. The number of methoxy groups -OCH3 is 1. The first-order chi connectivity index (χ1) is 17.5. The molecule has 0 saturated heterocycles. The minimum Gasteiger partial charge on any atom is -0.496 e. The predicted octanol–water partition coefficient (Wildman–Crippen LogP) is 4.42. The molecule has 0 unspecified atom stereocenters. The van der Waals surface area contributed by atoms with Crippen molar-refractivity contribution in [3.63, 3.8) is 0 Å². The van der Waals surface area contributed by atoms with Crippen LogP contribution in [-0.2, 0) is 20.8 Å². The van der Waals surface area contributed by atoms with Crippen molar-refractivity contribution in [3.05, 3.63) is 59.8 Å². The quantitative estimate of drug-likeness (QED) is 0.374. The maximum Gasteiger partial charge on any atom is 0.407 e. The molecule has 2 aromatic rings. The largest absolute Gasteiger partial charge is 0.496 e. The van der Waals surface area contributed by atoms with Crippen molar-refractivity contribution in [2.45, 2.75) is 39.8 Å². The molecule has 36 heavy (non-hydrogen) atoms. The van der Waals surface area contributed by atoms with Gasteiger partial charge in [-0.15, -0.1) is 0 Å². The predicted molar refractivity (Wildman–Crippen MR) is 140 cm³/mol. The van der Waals surface area contributed by atoms with Crippen LogP contribution in [0.1, 0.15) is 38.3 Å². The zero-order chi connectivity index (χ0) is 26.8. The van der Waals surface area contributed by atoms with Gasteiger partial charge in [-0.05, 0) is 36.8 Å². The van der Waals surface area contributed by atoms with E-state index in [2.05, 4.69) is 21.3 Å². The van der Waals surface area contributed by atoms with Gasteiger partial charge < -0.3 is 35.5 Å².